The van der Waals surface area contributed by atoms with Gasteiger partial charge in [-0.15, -0.1) is 0 Å². The number of ether oxygens (including phenoxy) is 2. The Hall–Kier alpha value is -4.91. The molecule has 254 valence electrons. The first-order valence-electron chi connectivity index (χ1n) is 16.6. The zero-order valence-corrected chi connectivity index (χ0v) is 27.2. The molecule has 13 heteroatoms. The standard InChI is InChI=1S/C36H36F3N7O3/c1-3-23-26(38)8-7-20-14-22(47)15-25(27(20)23)30-29(39)31-28-33(44-35(43-31)49-18-36-9-5-11-45(36)17-21(37)16-36)46(12-13-48-34(28)42-30)19(2)24-6-4-10-41-32(24)40/h4,6-8,10,14-15,19,21,47H,3,5,9,11-13,16-18H2,1-2H3,(H2,40,41)/t19?,21-,36+/m1/s1. The van der Waals surface area contributed by atoms with E-state index in [9.17, 15) is 9.50 Å². The largest absolute Gasteiger partial charge is 0.508 e. The van der Waals surface area contributed by atoms with Crippen molar-refractivity contribution in [1.82, 2.24) is 24.8 Å². The Morgan fingerprint density at radius 2 is 2.00 bits per heavy atom. The summed E-state index contributed by atoms with van der Waals surface area (Å²) in [5.41, 5.74) is 6.84. The Balaban J connectivity index is 1.34. The smallest absolute Gasteiger partial charge is 0.319 e. The minimum absolute atomic E-state index is 0.0765. The number of alkyl halides is 1. The van der Waals surface area contributed by atoms with Crippen LogP contribution >= 0.6 is 0 Å². The molecule has 6 heterocycles. The Kier molecular flexibility index (Phi) is 7.62. The van der Waals surface area contributed by atoms with Crippen LogP contribution in [0.1, 0.15) is 50.3 Å². The monoisotopic (exact) mass is 671 g/mol. The molecule has 0 radical (unpaired) electrons. The van der Waals surface area contributed by atoms with Crippen molar-refractivity contribution in [3.63, 3.8) is 0 Å². The molecule has 0 aliphatic carbocycles. The fraction of sp³-hybridized carbons (Fsp3) is 0.389. The predicted octanol–water partition coefficient (Wildman–Crippen LogP) is 6.28. The van der Waals surface area contributed by atoms with Gasteiger partial charge >= 0.3 is 6.01 Å². The lowest BCUT2D eigenvalue weighted by molar-refractivity contribution is 0.107. The summed E-state index contributed by atoms with van der Waals surface area (Å²) in [6, 6.07) is 8.98. The van der Waals surface area contributed by atoms with Crippen LogP contribution in [0.5, 0.6) is 17.6 Å². The molecule has 0 amide bonds. The van der Waals surface area contributed by atoms with E-state index >= 15 is 8.78 Å². The number of hydrogen-bond acceptors (Lipinski definition) is 10. The molecule has 2 aromatic carbocycles. The SMILES string of the molecule is CCc1c(F)ccc2cc(O)cc(-c3nc4c5c(nc(OC[C@@]67CCCN6C[C@H](F)C7)nc5c3F)N(C(C)c3cccnc3N)CCO4)c12. The highest BCUT2D eigenvalue weighted by Gasteiger charge is 2.49. The van der Waals surface area contributed by atoms with Crippen LogP contribution in [-0.2, 0) is 6.42 Å². The molecule has 0 spiro atoms. The summed E-state index contributed by atoms with van der Waals surface area (Å²) in [6.07, 6.45) is 3.04. The summed E-state index contributed by atoms with van der Waals surface area (Å²) in [5, 5.41) is 11.9. The lowest BCUT2D eigenvalue weighted by Crippen LogP contribution is -2.43. The van der Waals surface area contributed by atoms with E-state index in [0.29, 0.717) is 53.9 Å². The van der Waals surface area contributed by atoms with Crippen molar-refractivity contribution in [3.05, 3.63) is 65.4 Å². The molecule has 0 bridgehead atoms. The number of anilines is 2. The molecule has 1 unspecified atom stereocenters. The number of nitrogens with zero attached hydrogens (tertiary/aromatic N) is 6. The molecule has 3 N–H and O–H groups in total. The molecular weight excluding hydrogens is 635 g/mol. The second kappa shape index (κ2) is 11.9. The number of pyridine rings is 2. The van der Waals surface area contributed by atoms with Gasteiger partial charge in [-0.1, -0.05) is 19.1 Å². The van der Waals surface area contributed by atoms with Gasteiger partial charge in [0.2, 0.25) is 5.88 Å². The Morgan fingerprint density at radius 3 is 2.82 bits per heavy atom. The van der Waals surface area contributed by atoms with E-state index < -0.39 is 23.3 Å². The third kappa shape index (κ3) is 5.13. The van der Waals surface area contributed by atoms with Gasteiger partial charge in [-0.3, -0.25) is 4.90 Å². The van der Waals surface area contributed by atoms with Crippen molar-refractivity contribution in [2.24, 2.45) is 0 Å². The second-order valence-corrected chi connectivity index (χ2v) is 13.2. The maximum absolute atomic E-state index is 17.2. The van der Waals surface area contributed by atoms with Gasteiger partial charge in [0, 0.05) is 30.3 Å². The summed E-state index contributed by atoms with van der Waals surface area (Å²) in [7, 11) is 0. The number of phenols is 1. The number of nitrogen functional groups attached to an aromatic ring is 1. The highest BCUT2D eigenvalue weighted by atomic mass is 19.1. The van der Waals surface area contributed by atoms with Crippen LogP contribution < -0.4 is 20.1 Å². The number of rotatable bonds is 7. The molecule has 2 saturated heterocycles. The first kappa shape index (κ1) is 31.4. The van der Waals surface area contributed by atoms with E-state index in [0.717, 1.165) is 24.9 Å². The third-order valence-corrected chi connectivity index (χ3v) is 10.3. The quantitative estimate of drug-likeness (QED) is 0.204. The van der Waals surface area contributed by atoms with Gasteiger partial charge < -0.3 is 25.2 Å². The van der Waals surface area contributed by atoms with E-state index in [2.05, 4.69) is 19.9 Å². The molecule has 0 saturated carbocycles. The number of hydrogen-bond donors (Lipinski definition) is 2. The highest BCUT2D eigenvalue weighted by Crippen LogP contribution is 2.45. The van der Waals surface area contributed by atoms with Crippen LogP contribution in [0.25, 0.3) is 32.9 Å². The lowest BCUT2D eigenvalue weighted by atomic mass is 9.94. The third-order valence-electron chi connectivity index (χ3n) is 10.3. The average Bonchev–Trinajstić information content (AvgIpc) is 3.55. The van der Waals surface area contributed by atoms with E-state index in [1.54, 1.807) is 18.3 Å². The maximum atomic E-state index is 17.2. The molecule has 3 aromatic heterocycles. The van der Waals surface area contributed by atoms with Gasteiger partial charge in [0.25, 0.3) is 0 Å². The summed E-state index contributed by atoms with van der Waals surface area (Å²) in [6.45, 7) is 5.53. The summed E-state index contributed by atoms with van der Waals surface area (Å²) in [5.74, 6) is -0.621. The van der Waals surface area contributed by atoms with Crippen molar-refractivity contribution in [2.45, 2.75) is 57.3 Å². The maximum Gasteiger partial charge on any atom is 0.319 e. The zero-order valence-electron chi connectivity index (χ0n) is 27.2. The Labute approximate surface area is 280 Å². The van der Waals surface area contributed by atoms with Crippen molar-refractivity contribution in [3.8, 4) is 28.9 Å². The number of phenolic OH excluding ortho intramolecular Hbond substituents is 1. The van der Waals surface area contributed by atoms with Crippen molar-refractivity contribution < 1.29 is 27.8 Å². The molecule has 5 aromatic rings. The number of nitrogens with two attached hydrogens (primary N) is 1. The summed E-state index contributed by atoms with van der Waals surface area (Å²) >= 11 is 0. The average molecular weight is 672 g/mol. The fourth-order valence-electron chi connectivity index (χ4n) is 8.01. The first-order valence-corrected chi connectivity index (χ1v) is 16.6. The molecule has 2 fully saturated rings. The normalized spacial score (nSPS) is 21.2. The molecule has 3 aliphatic rings. The predicted molar refractivity (Wildman–Crippen MR) is 180 cm³/mol. The van der Waals surface area contributed by atoms with Crippen LogP contribution in [-0.4, -0.2) is 74.5 Å². The van der Waals surface area contributed by atoms with Gasteiger partial charge in [-0.05, 0) is 73.3 Å². The highest BCUT2D eigenvalue weighted by molar-refractivity contribution is 6.03. The van der Waals surface area contributed by atoms with Crippen LogP contribution in [0.2, 0.25) is 0 Å². The second-order valence-electron chi connectivity index (χ2n) is 13.2. The molecule has 3 atom stereocenters. The van der Waals surface area contributed by atoms with E-state index in [-0.39, 0.29) is 59.1 Å². The van der Waals surface area contributed by atoms with Crippen molar-refractivity contribution >= 4 is 33.3 Å². The lowest BCUT2D eigenvalue weighted by Gasteiger charge is -2.32. The molecule has 49 heavy (non-hydrogen) atoms. The summed E-state index contributed by atoms with van der Waals surface area (Å²) in [4.78, 5) is 22.4. The molecule has 8 rings (SSSR count). The van der Waals surface area contributed by atoms with E-state index in [1.807, 2.05) is 24.8 Å². The topological polar surface area (TPSA) is 123 Å². The van der Waals surface area contributed by atoms with Gasteiger partial charge in [-0.25, -0.2) is 23.1 Å². The van der Waals surface area contributed by atoms with Crippen LogP contribution in [0, 0.1) is 11.6 Å². The minimum atomic E-state index is -0.951. The zero-order chi connectivity index (χ0) is 34.0. The van der Waals surface area contributed by atoms with E-state index in [1.165, 1.54) is 18.2 Å². The van der Waals surface area contributed by atoms with Crippen LogP contribution in [0.15, 0.2) is 42.6 Å². The number of aryl methyl sites for hydroxylation is 1. The number of benzene rings is 2. The number of halogens is 3. The number of aromatic hydroxyl groups is 1. The Bertz CT molecular complexity index is 2120. The fourth-order valence-corrected chi connectivity index (χ4v) is 8.01. The number of fused-ring (bicyclic) bond motifs is 2. The minimum Gasteiger partial charge on any atom is -0.508 e. The summed E-state index contributed by atoms with van der Waals surface area (Å²) < 4.78 is 59.3. The molecule has 10 nitrogen and oxygen atoms in total. The van der Waals surface area contributed by atoms with Crippen LogP contribution in [0.4, 0.5) is 24.8 Å². The first-order chi connectivity index (χ1) is 23.7. The molecule has 3 aliphatic heterocycles. The van der Waals surface area contributed by atoms with Gasteiger partial charge in [-0.2, -0.15) is 9.97 Å². The van der Waals surface area contributed by atoms with Gasteiger partial charge in [0.15, 0.2) is 5.82 Å². The van der Waals surface area contributed by atoms with E-state index in [4.69, 9.17) is 20.2 Å². The molecular formula is C36H36F3N7O3. The number of aromatic nitrogens is 4. The Morgan fingerprint density at radius 1 is 1.14 bits per heavy atom. The van der Waals surface area contributed by atoms with Gasteiger partial charge in [0.1, 0.15) is 59.2 Å². The van der Waals surface area contributed by atoms with Crippen molar-refractivity contribution in [1.29, 1.82) is 0 Å². The van der Waals surface area contributed by atoms with Gasteiger partial charge in [0.05, 0.1) is 18.1 Å². The van der Waals surface area contributed by atoms with Crippen molar-refractivity contribution in [2.75, 3.05) is 43.5 Å². The van der Waals surface area contributed by atoms with Crippen LogP contribution in [0.3, 0.4) is 0 Å².